The highest BCUT2D eigenvalue weighted by molar-refractivity contribution is 6.09. The van der Waals surface area contributed by atoms with Crippen LogP contribution in [0.15, 0.2) is 99.9 Å². The molecule has 1 aromatic heterocycles. The molecule has 2 heterocycles. The maximum Gasteiger partial charge on any atom is 0.355 e. The van der Waals surface area contributed by atoms with Crippen molar-refractivity contribution in [1.29, 1.82) is 5.26 Å². The summed E-state index contributed by atoms with van der Waals surface area (Å²) in [4.78, 5) is 45.4. The third-order valence-electron chi connectivity index (χ3n) is 6.99. The normalized spacial score (nSPS) is 14.8. The van der Waals surface area contributed by atoms with Crippen molar-refractivity contribution in [2.45, 2.75) is 12.3 Å². The molecule has 1 aliphatic heterocycles. The molecule has 1 unspecified atom stereocenters. The Morgan fingerprint density at radius 1 is 0.930 bits per heavy atom. The van der Waals surface area contributed by atoms with Crippen molar-refractivity contribution in [1.82, 2.24) is 4.98 Å². The Morgan fingerprint density at radius 2 is 1.56 bits per heavy atom. The molecule has 1 atom stereocenters. The lowest BCUT2D eigenvalue weighted by Crippen LogP contribution is -2.41. The van der Waals surface area contributed by atoms with Gasteiger partial charge in [0.25, 0.3) is 0 Å². The van der Waals surface area contributed by atoms with Gasteiger partial charge in [0, 0.05) is 6.42 Å². The van der Waals surface area contributed by atoms with Crippen LogP contribution in [0.1, 0.15) is 33.3 Å². The van der Waals surface area contributed by atoms with Crippen LogP contribution in [-0.4, -0.2) is 44.2 Å². The number of hydrogen-bond acceptors (Lipinski definition) is 11. The first-order chi connectivity index (χ1) is 20.8. The van der Waals surface area contributed by atoms with Gasteiger partial charge in [0.15, 0.2) is 11.5 Å². The number of oxazole rings is 1. The van der Waals surface area contributed by atoms with Crippen molar-refractivity contribution in [2.24, 2.45) is 5.73 Å². The molecule has 0 bridgehead atoms. The minimum atomic E-state index is -1.06. The molecule has 0 fully saturated rings. The van der Waals surface area contributed by atoms with E-state index in [2.05, 4.69) is 11.1 Å². The second-order valence-electron chi connectivity index (χ2n) is 9.44. The highest BCUT2D eigenvalue weighted by Gasteiger charge is 2.44. The first kappa shape index (κ1) is 28.6. The maximum atomic E-state index is 13.5. The summed E-state index contributed by atoms with van der Waals surface area (Å²) >= 11 is 0. The summed E-state index contributed by atoms with van der Waals surface area (Å²) in [7, 11) is 3.53. The highest BCUT2D eigenvalue weighted by atomic mass is 16.5. The first-order valence-corrected chi connectivity index (χ1v) is 13.0. The molecule has 0 aliphatic carbocycles. The molecule has 11 nitrogen and oxygen atoms in total. The Labute approximate surface area is 246 Å². The van der Waals surface area contributed by atoms with Gasteiger partial charge in [0.2, 0.25) is 0 Å². The lowest BCUT2D eigenvalue weighted by atomic mass is 9.81. The van der Waals surface area contributed by atoms with Crippen LogP contribution in [0.3, 0.4) is 0 Å². The van der Waals surface area contributed by atoms with Crippen molar-refractivity contribution >= 4 is 34.7 Å². The summed E-state index contributed by atoms with van der Waals surface area (Å²) < 4.78 is 21.4. The van der Waals surface area contributed by atoms with Crippen LogP contribution in [0, 0.1) is 11.3 Å². The van der Waals surface area contributed by atoms with Crippen molar-refractivity contribution in [3.63, 3.8) is 0 Å². The number of nitrogens with zero attached hydrogens (tertiary/aromatic N) is 3. The van der Waals surface area contributed by atoms with E-state index in [-0.39, 0.29) is 45.0 Å². The number of carbonyl (C=O) groups excluding carboxylic acids is 3. The molecule has 43 heavy (non-hydrogen) atoms. The zero-order valence-corrected chi connectivity index (χ0v) is 23.5. The fourth-order valence-electron chi connectivity index (χ4n) is 5.07. The number of nitrogens with two attached hydrogens (primary N) is 1. The second kappa shape index (κ2) is 11.9. The van der Waals surface area contributed by atoms with E-state index in [1.807, 2.05) is 30.3 Å². The average Bonchev–Trinajstić information content (AvgIpc) is 3.45. The van der Waals surface area contributed by atoms with E-state index in [9.17, 15) is 19.6 Å². The maximum absolute atomic E-state index is 13.5. The number of esters is 3. The second-order valence-corrected chi connectivity index (χ2v) is 9.44. The van der Waals surface area contributed by atoms with E-state index in [0.717, 1.165) is 19.8 Å². The van der Waals surface area contributed by atoms with Gasteiger partial charge in [-0.15, -0.1) is 0 Å². The predicted molar refractivity (Wildman–Crippen MR) is 154 cm³/mol. The van der Waals surface area contributed by atoms with Gasteiger partial charge in [-0.1, -0.05) is 60.7 Å². The predicted octanol–water partition coefficient (Wildman–Crippen LogP) is 4.10. The Hall–Kier alpha value is -5.89. The number of ether oxygens (including phenoxy) is 3. The molecule has 216 valence electrons. The standard InChI is InChI=1S/C32H26N4O7/c1-40-30(37)20-15-22-28(43-24(35-22)14-18-10-6-4-7-11-18)23(16-20)36-27(32(39)42-3)26(31(38)41-2)25(21(17-33)29(36)34)19-12-8-5-9-13-19/h4-13,15-16,25H,14,34H2,1-3H3. The number of methoxy groups -OCH3 is 3. The molecule has 3 aromatic carbocycles. The molecular weight excluding hydrogens is 552 g/mol. The van der Waals surface area contributed by atoms with E-state index in [0.29, 0.717) is 17.9 Å². The van der Waals surface area contributed by atoms with Crippen LogP contribution in [0.2, 0.25) is 0 Å². The van der Waals surface area contributed by atoms with Gasteiger partial charge in [-0.2, -0.15) is 5.26 Å². The van der Waals surface area contributed by atoms with Crippen molar-refractivity contribution < 1.29 is 33.0 Å². The van der Waals surface area contributed by atoms with E-state index in [4.69, 9.17) is 24.4 Å². The Bertz CT molecular complexity index is 1840. The summed E-state index contributed by atoms with van der Waals surface area (Å²) in [5.74, 6) is -3.47. The fourth-order valence-corrected chi connectivity index (χ4v) is 5.07. The quantitative estimate of drug-likeness (QED) is 0.249. The Morgan fingerprint density at radius 3 is 2.16 bits per heavy atom. The average molecular weight is 579 g/mol. The third kappa shape index (κ3) is 5.17. The number of nitriles is 1. The number of carbonyl (C=O) groups is 3. The van der Waals surface area contributed by atoms with Crippen molar-refractivity contribution in [2.75, 3.05) is 26.2 Å². The van der Waals surface area contributed by atoms with Gasteiger partial charge in [-0.05, 0) is 23.3 Å². The van der Waals surface area contributed by atoms with E-state index >= 15 is 0 Å². The van der Waals surface area contributed by atoms with E-state index in [1.54, 1.807) is 30.3 Å². The SMILES string of the molecule is COC(=O)C1=C(C(=O)OC)N(c2cc(C(=O)OC)cc3nc(Cc4ccccc4)oc23)C(N)=C(C#N)C1c1ccccc1. The number of fused-ring (bicyclic) bond motifs is 1. The van der Waals surface area contributed by atoms with Gasteiger partial charge in [0.05, 0.1) is 55.7 Å². The zero-order chi connectivity index (χ0) is 30.7. The van der Waals surface area contributed by atoms with Crippen LogP contribution in [0.25, 0.3) is 11.1 Å². The minimum Gasteiger partial charge on any atom is -0.466 e. The van der Waals surface area contributed by atoms with Crippen molar-refractivity contribution in [3.05, 3.63) is 118 Å². The summed E-state index contributed by atoms with van der Waals surface area (Å²) in [6, 6.07) is 23.1. The molecule has 0 saturated heterocycles. The highest BCUT2D eigenvalue weighted by Crippen LogP contribution is 2.45. The van der Waals surface area contributed by atoms with Gasteiger partial charge in [-0.25, -0.2) is 19.4 Å². The summed E-state index contributed by atoms with van der Waals surface area (Å²) in [6.45, 7) is 0. The van der Waals surface area contributed by atoms with Crippen LogP contribution in [0.4, 0.5) is 5.69 Å². The molecule has 0 saturated carbocycles. The molecule has 5 rings (SSSR count). The minimum absolute atomic E-state index is 0.0418. The molecule has 0 amide bonds. The monoisotopic (exact) mass is 578 g/mol. The Kier molecular flexibility index (Phi) is 7.94. The molecular formula is C32H26N4O7. The molecule has 2 N–H and O–H groups in total. The lowest BCUT2D eigenvalue weighted by Gasteiger charge is -2.35. The smallest absolute Gasteiger partial charge is 0.355 e. The number of allylic oxidation sites excluding steroid dienone is 1. The van der Waals surface area contributed by atoms with E-state index in [1.165, 1.54) is 24.1 Å². The van der Waals surface area contributed by atoms with Gasteiger partial charge < -0.3 is 24.4 Å². The summed E-state index contributed by atoms with van der Waals surface area (Å²) in [5.41, 5.74) is 8.07. The molecule has 0 radical (unpaired) electrons. The topological polar surface area (TPSA) is 158 Å². The first-order valence-electron chi connectivity index (χ1n) is 13.0. The molecule has 11 heteroatoms. The van der Waals surface area contributed by atoms with Crippen LogP contribution < -0.4 is 10.6 Å². The van der Waals surface area contributed by atoms with Crippen LogP contribution >= 0.6 is 0 Å². The Balaban J connectivity index is 1.84. The van der Waals surface area contributed by atoms with Gasteiger partial charge in [-0.3, -0.25) is 4.90 Å². The van der Waals surface area contributed by atoms with Crippen LogP contribution in [0.5, 0.6) is 0 Å². The molecule has 4 aromatic rings. The largest absolute Gasteiger partial charge is 0.466 e. The molecule has 0 spiro atoms. The van der Waals surface area contributed by atoms with Crippen LogP contribution in [-0.2, 0) is 30.2 Å². The fraction of sp³-hybridized carbons (Fsp3) is 0.156. The number of benzene rings is 3. The number of aromatic nitrogens is 1. The van der Waals surface area contributed by atoms with E-state index < -0.39 is 23.8 Å². The number of hydrogen-bond donors (Lipinski definition) is 1. The molecule has 1 aliphatic rings. The number of anilines is 1. The summed E-state index contributed by atoms with van der Waals surface area (Å²) in [6.07, 6.45) is 0.320. The third-order valence-corrected chi connectivity index (χ3v) is 6.99. The lowest BCUT2D eigenvalue weighted by molar-refractivity contribution is -0.139. The van der Waals surface area contributed by atoms with Crippen molar-refractivity contribution in [3.8, 4) is 6.07 Å². The van der Waals surface area contributed by atoms with Gasteiger partial charge in [0.1, 0.15) is 17.0 Å². The number of rotatable bonds is 7. The zero-order valence-electron chi connectivity index (χ0n) is 23.5. The van der Waals surface area contributed by atoms with Gasteiger partial charge >= 0.3 is 17.9 Å². The summed E-state index contributed by atoms with van der Waals surface area (Å²) in [5, 5.41) is 10.4.